The van der Waals surface area contributed by atoms with Crippen LogP contribution in [0.3, 0.4) is 0 Å². The summed E-state index contributed by atoms with van der Waals surface area (Å²) in [7, 11) is 0. The van der Waals surface area contributed by atoms with Crippen LogP contribution in [0.2, 0.25) is 0 Å². The van der Waals surface area contributed by atoms with E-state index in [0.717, 1.165) is 22.0 Å². The summed E-state index contributed by atoms with van der Waals surface area (Å²) in [6, 6.07) is 35.5. The Balaban J connectivity index is 1.85. The summed E-state index contributed by atoms with van der Waals surface area (Å²) >= 11 is -3.72. The van der Waals surface area contributed by atoms with E-state index in [4.69, 9.17) is 0 Å². The molecule has 1 N–H and O–H groups in total. The number of hydrogen-bond donors (Lipinski definition) is 1. The standard InChI is InChI=1S/C24H18OTe/c25-26(22-15-7-4-12-19(22)18-10-2-1-3-11-18)23-16-8-5-13-20(23)21-14-6-9-17-24(21)26/h1-17,25H. The van der Waals surface area contributed by atoms with Gasteiger partial charge in [0.1, 0.15) is 0 Å². The van der Waals surface area contributed by atoms with Gasteiger partial charge in [-0.2, -0.15) is 0 Å². The molecule has 0 saturated heterocycles. The average molecular weight is 450 g/mol. The van der Waals surface area contributed by atoms with Crippen molar-refractivity contribution in [3.8, 4) is 22.3 Å². The summed E-state index contributed by atoms with van der Waals surface area (Å²) < 4.78 is 15.7. The molecule has 1 aliphatic rings. The molecule has 0 atom stereocenters. The molecule has 0 fully saturated rings. The SMILES string of the molecule is O[Te]1(c2ccccc2-c2ccccc2)c2ccccc2-c2ccccc21. The molecular formula is C24H18OTe. The van der Waals surface area contributed by atoms with Crippen molar-refractivity contribution in [3.05, 3.63) is 103 Å². The van der Waals surface area contributed by atoms with Gasteiger partial charge in [0.25, 0.3) is 0 Å². The molecule has 4 aromatic rings. The van der Waals surface area contributed by atoms with Gasteiger partial charge in [-0.3, -0.25) is 0 Å². The van der Waals surface area contributed by atoms with E-state index in [1.807, 2.05) is 18.2 Å². The minimum atomic E-state index is -3.72. The van der Waals surface area contributed by atoms with Crippen molar-refractivity contribution >= 4 is 29.4 Å². The Bertz CT molecular complexity index is 1060. The summed E-state index contributed by atoms with van der Waals surface area (Å²) in [6.45, 7) is 0. The third-order valence-corrected chi connectivity index (χ3v) is 13.5. The van der Waals surface area contributed by atoms with Gasteiger partial charge in [-0.05, 0) is 0 Å². The Labute approximate surface area is 157 Å². The van der Waals surface area contributed by atoms with Crippen LogP contribution in [0.15, 0.2) is 103 Å². The van der Waals surface area contributed by atoms with Crippen LogP contribution in [0.4, 0.5) is 0 Å². The molecule has 1 heterocycles. The van der Waals surface area contributed by atoms with Gasteiger partial charge in [-0.15, -0.1) is 0 Å². The van der Waals surface area contributed by atoms with Crippen LogP contribution in [-0.4, -0.2) is 22.1 Å². The van der Waals surface area contributed by atoms with E-state index in [-0.39, 0.29) is 0 Å². The van der Waals surface area contributed by atoms with Crippen LogP contribution in [-0.2, 0) is 0 Å². The van der Waals surface area contributed by atoms with Crippen molar-refractivity contribution < 1.29 is 3.47 Å². The minimum absolute atomic E-state index is 1.11. The molecular weight excluding hydrogens is 432 g/mol. The van der Waals surface area contributed by atoms with Gasteiger partial charge >= 0.3 is 158 Å². The van der Waals surface area contributed by atoms with Crippen LogP contribution < -0.4 is 10.8 Å². The first-order chi connectivity index (χ1) is 12.8. The summed E-state index contributed by atoms with van der Waals surface area (Å²) in [5.41, 5.74) is 4.68. The van der Waals surface area contributed by atoms with Crippen LogP contribution in [0.1, 0.15) is 0 Å². The Hall–Kier alpha value is -2.37. The van der Waals surface area contributed by atoms with Crippen molar-refractivity contribution in [2.24, 2.45) is 0 Å². The summed E-state index contributed by atoms with van der Waals surface area (Å²) in [6.07, 6.45) is 0. The maximum atomic E-state index is 12.3. The Morgan fingerprint density at radius 3 is 1.35 bits per heavy atom. The number of fused-ring (bicyclic) bond motifs is 3. The van der Waals surface area contributed by atoms with Crippen LogP contribution in [0.5, 0.6) is 0 Å². The Morgan fingerprint density at radius 1 is 0.423 bits per heavy atom. The Morgan fingerprint density at radius 2 is 0.808 bits per heavy atom. The summed E-state index contributed by atoms with van der Waals surface area (Å²) in [5.74, 6) is 0. The molecule has 1 aliphatic heterocycles. The molecule has 0 aliphatic carbocycles. The second kappa shape index (κ2) is 6.11. The molecule has 126 valence electrons. The van der Waals surface area contributed by atoms with Crippen molar-refractivity contribution in [3.63, 3.8) is 0 Å². The van der Waals surface area contributed by atoms with Crippen LogP contribution in [0, 0.1) is 0 Å². The predicted octanol–water partition coefficient (Wildman–Crippen LogP) is 3.29. The van der Waals surface area contributed by atoms with E-state index in [1.54, 1.807) is 0 Å². The van der Waals surface area contributed by atoms with E-state index in [2.05, 4.69) is 84.9 Å². The zero-order valence-corrected chi connectivity index (χ0v) is 16.5. The molecule has 5 rings (SSSR count). The topological polar surface area (TPSA) is 20.2 Å². The van der Waals surface area contributed by atoms with Crippen molar-refractivity contribution in [2.75, 3.05) is 0 Å². The van der Waals surface area contributed by atoms with Crippen LogP contribution >= 0.6 is 0 Å². The fourth-order valence-electron chi connectivity index (χ4n) is 3.83. The first-order valence-electron chi connectivity index (χ1n) is 8.69. The zero-order valence-electron chi connectivity index (χ0n) is 14.2. The van der Waals surface area contributed by atoms with Gasteiger partial charge in [-0.1, -0.05) is 0 Å². The molecule has 1 nitrogen and oxygen atoms in total. The third-order valence-electron chi connectivity index (χ3n) is 4.99. The number of hydrogen-bond acceptors (Lipinski definition) is 1. The summed E-state index contributed by atoms with van der Waals surface area (Å²) in [4.78, 5) is 0. The molecule has 4 aromatic carbocycles. The molecule has 0 saturated carbocycles. The fourth-order valence-corrected chi connectivity index (χ4v) is 12.5. The van der Waals surface area contributed by atoms with E-state index in [1.165, 1.54) is 11.1 Å². The number of benzene rings is 4. The van der Waals surface area contributed by atoms with Gasteiger partial charge < -0.3 is 0 Å². The first-order valence-corrected chi connectivity index (χ1v) is 13.2. The fraction of sp³-hybridized carbons (Fsp3) is 0. The number of rotatable bonds is 2. The van der Waals surface area contributed by atoms with Crippen molar-refractivity contribution in [1.29, 1.82) is 0 Å². The third kappa shape index (κ3) is 2.20. The Kier molecular flexibility index (Phi) is 3.72. The zero-order chi connectivity index (χ0) is 17.6. The molecule has 26 heavy (non-hydrogen) atoms. The molecule has 0 spiro atoms. The first kappa shape index (κ1) is 15.9. The van der Waals surface area contributed by atoms with Gasteiger partial charge in [0, 0.05) is 0 Å². The van der Waals surface area contributed by atoms with Crippen molar-refractivity contribution in [2.45, 2.75) is 0 Å². The maximum absolute atomic E-state index is 12.3. The van der Waals surface area contributed by atoms with E-state index in [9.17, 15) is 3.47 Å². The molecule has 0 unspecified atom stereocenters. The average Bonchev–Trinajstić information content (AvgIpc) is 2.99. The van der Waals surface area contributed by atoms with Gasteiger partial charge in [-0.25, -0.2) is 0 Å². The van der Waals surface area contributed by atoms with E-state index < -0.39 is 18.6 Å². The second-order valence-electron chi connectivity index (χ2n) is 6.43. The second-order valence-corrected chi connectivity index (χ2v) is 13.5. The normalized spacial score (nSPS) is 15.1. The molecule has 0 bridgehead atoms. The van der Waals surface area contributed by atoms with Gasteiger partial charge in [0.2, 0.25) is 0 Å². The summed E-state index contributed by atoms with van der Waals surface area (Å²) in [5, 5.41) is 0. The van der Waals surface area contributed by atoms with E-state index >= 15 is 0 Å². The quantitative estimate of drug-likeness (QED) is 0.465. The van der Waals surface area contributed by atoms with Gasteiger partial charge in [0.15, 0.2) is 0 Å². The molecule has 2 heteroatoms. The molecule has 0 radical (unpaired) electrons. The van der Waals surface area contributed by atoms with E-state index in [0.29, 0.717) is 0 Å². The predicted molar refractivity (Wildman–Crippen MR) is 111 cm³/mol. The molecule has 0 amide bonds. The van der Waals surface area contributed by atoms with Gasteiger partial charge in [0.05, 0.1) is 0 Å². The monoisotopic (exact) mass is 452 g/mol. The van der Waals surface area contributed by atoms with Crippen LogP contribution in [0.25, 0.3) is 22.3 Å². The van der Waals surface area contributed by atoms with Crippen molar-refractivity contribution in [1.82, 2.24) is 0 Å². The molecule has 0 aromatic heterocycles.